The van der Waals surface area contributed by atoms with Crippen molar-refractivity contribution in [3.63, 3.8) is 0 Å². The van der Waals surface area contributed by atoms with Gasteiger partial charge in [-0.05, 0) is 30.6 Å². The van der Waals surface area contributed by atoms with Gasteiger partial charge in [-0.15, -0.1) is 0 Å². The van der Waals surface area contributed by atoms with E-state index in [9.17, 15) is 0 Å². The smallest absolute Gasteiger partial charge is 0.316 e. The van der Waals surface area contributed by atoms with E-state index in [1.165, 1.54) is 12.8 Å². The largest absolute Gasteiger partial charge is 0.332 e. The first kappa shape index (κ1) is 14.4. The normalized spacial score (nSPS) is 31.3. The average molecular weight is 248 g/mol. The molecule has 1 rings (SSSR count). The lowest BCUT2D eigenvalue weighted by molar-refractivity contribution is 0.0302. The highest BCUT2D eigenvalue weighted by Gasteiger charge is 2.33. The zero-order valence-electron chi connectivity index (χ0n) is 11.1. The first-order valence-electron chi connectivity index (χ1n) is 6.13. The van der Waals surface area contributed by atoms with Crippen LogP contribution < -0.4 is 0 Å². The summed E-state index contributed by atoms with van der Waals surface area (Å²) in [6.07, 6.45) is 4.02. The molecule has 16 heavy (non-hydrogen) atoms. The molecule has 1 fully saturated rings. The molecule has 1 saturated carbocycles. The molecule has 0 amide bonds. The minimum Gasteiger partial charge on any atom is -0.316 e. The molecular formula is C12H25O3P. The molecule has 96 valence electrons. The predicted octanol–water partition coefficient (Wildman–Crippen LogP) is 3.98. The van der Waals surface area contributed by atoms with Gasteiger partial charge in [0, 0.05) is 14.2 Å². The van der Waals surface area contributed by atoms with E-state index in [1.54, 1.807) is 14.2 Å². The van der Waals surface area contributed by atoms with Crippen LogP contribution in [0.4, 0.5) is 0 Å². The molecule has 0 radical (unpaired) electrons. The minimum atomic E-state index is -1.15. The number of hydrogen-bond donors (Lipinski definition) is 0. The van der Waals surface area contributed by atoms with Crippen LogP contribution in [0.15, 0.2) is 0 Å². The zero-order chi connectivity index (χ0) is 12.1. The molecule has 3 unspecified atom stereocenters. The molecule has 0 aromatic carbocycles. The third kappa shape index (κ3) is 3.96. The maximum Gasteiger partial charge on any atom is 0.332 e. The van der Waals surface area contributed by atoms with E-state index >= 15 is 0 Å². The minimum absolute atomic E-state index is 0.301. The Morgan fingerprint density at radius 2 is 1.75 bits per heavy atom. The lowest BCUT2D eigenvalue weighted by Crippen LogP contribution is -2.33. The van der Waals surface area contributed by atoms with Crippen LogP contribution in [-0.4, -0.2) is 20.3 Å². The van der Waals surface area contributed by atoms with Gasteiger partial charge < -0.3 is 13.6 Å². The standard InChI is InChI=1S/C12H25O3P/c1-9(2)11-7-6-10(3)8-12(11)15-16(13-4)14-5/h9-12H,6-8H2,1-5H3. The highest BCUT2D eigenvalue weighted by molar-refractivity contribution is 7.41. The maximum absolute atomic E-state index is 5.95. The van der Waals surface area contributed by atoms with Crippen molar-refractivity contribution in [1.82, 2.24) is 0 Å². The van der Waals surface area contributed by atoms with Gasteiger partial charge in [0.15, 0.2) is 0 Å². The van der Waals surface area contributed by atoms with Crippen molar-refractivity contribution in [3.05, 3.63) is 0 Å². The second-order valence-electron chi connectivity index (χ2n) is 5.06. The molecule has 0 aromatic rings. The molecule has 0 aliphatic heterocycles. The van der Waals surface area contributed by atoms with Crippen molar-refractivity contribution in [2.24, 2.45) is 17.8 Å². The van der Waals surface area contributed by atoms with Crippen LogP contribution in [0, 0.1) is 17.8 Å². The van der Waals surface area contributed by atoms with E-state index in [2.05, 4.69) is 20.8 Å². The first-order valence-corrected chi connectivity index (χ1v) is 7.23. The fourth-order valence-corrected chi connectivity index (χ4v) is 3.29. The summed E-state index contributed by atoms with van der Waals surface area (Å²) in [7, 11) is 2.14. The lowest BCUT2D eigenvalue weighted by atomic mass is 9.75. The quantitative estimate of drug-likeness (QED) is 0.689. The Morgan fingerprint density at radius 3 is 2.25 bits per heavy atom. The maximum atomic E-state index is 5.95. The summed E-state index contributed by atoms with van der Waals surface area (Å²) in [6.45, 7) is 6.85. The average Bonchev–Trinajstić information content (AvgIpc) is 2.25. The topological polar surface area (TPSA) is 27.7 Å². The Hall–Kier alpha value is 0.310. The molecule has 4 heteroatoms. The van der Waals surface area contributed by atoms with E-state index in [0.29, 0.717) is 17.9 Å². The molecule has 0 saturated heterocycles. The molecule has 0 heterocycles. The monoisotopic (exact) mass is 248 g/mol. The van der Waals surface area contributed by atoms with E-state index in [-0.39, 0.29) is 0 Å². The molecule has 0 spiro atoms. The molecule has 0 aromatic heterocycles. The van der Waals surface area contributed by atoms with E-state index < -0.39 is 8.60 Å². The van der Waals surface area contributed by atoms with Gasteiger partial charge in [0.05, 0.1) is 6.10 Å². The molecule has 3 nitrogen and oxygen atoms in total. The predicted molar refractivity (Wildman–Crippen MR) is 67.2 cm³/mol. The van der Waals surface area contributed by atoms with Crippen molar-refractivity contribution >= 4 is 8.60 Å². The van der Waals surface area contributed by atoms with Crippen LogP contribution in [0.1, 0.15) is 40.0 Å². The lowest BCUT2D eigenvalue weighted by Gasteiger charge is -2.37. The summed E-state index contributed by atoms with van der Waals surface area (Å²) in [5, 5.41) is 0. The number of rotatable bonds is 5. The number of hydrogen-bond acceptors (Lipinski definition) is 3. The second-order valence-corrected chi connectivity index (χ2v) is 6.45. The van der Waals surface area contributed by atoms with Crippen LogP contribution in [0.25, 0.3) is 0 Å². The van der Waals surface area contributed by atoms with E-state index in [0.717, 1.165) is 12.3 Å². The Labute approximate surface area is 101 Å². The summed E-state index contributed by atoms with van der Waals surface area (Å²) in [4.78, 5) is 0. The Morgan fingerprint density at radius 1 is 1.12 bits per heavy atom. The molecular weight excluding hydrogens is 223 g/mol. The molecule has 0 bridgehead atoms. The van der Waals surface area contributed by atoms with Crippen molar-refractivity contribution in [2.75, 3.05) is 14.2 Å². The van der Waals surface area contributed by atoms with Crippen LogP contribution in [-0.2, 0) is 13.6 Å². The Kier molecular flexibility index (Phi) is 6.20. The zero-order valence-corrected chi connectivity index (χ0v) is 12.0. The van der Waals surface area contributed by atoms with Gasteiger partial charge in [-0.25, -0.2) is 0 Å². The SMILES string of the molecule is COP(OC)OC1CC(C)CCC1C(C)C. The summed E-state index contributed by atoms with van der Waals surface area (Å²) < 4.78 is 16.3. The fraction of sp³-hybridized carbons (Fsp3) is 1.00. The van der Waals surface area contributed by atoms with E-state index in [4.69, 9.17) is 13.6 Å². The van der Waals surface area contributed by atoms with E-state index in [1.807, 2.05) is 0 Å². The van der Waals surface area contributed by atoms with Gasteiger partial charge in [0.1, 0.15) is 0 Å². The summed E-state index contributed by atoms with van der Waals surface area (Å²) >= 11 is 0. The molecule has 1 aliphatic carbocycles. The van der Waals surface area contributed by atoms with Crippen molar-refractivity contribution in [2.45, 2.75) is 46.1 Å². The van der Waals surface area contributed by atoms with Gasteiger partial charge in [0.2, 0.25) is 0 Å². The van der Waals surface area contributed by atoms with Crippen LogP contribution in [0.3, 0.4) is 0 Å². The second kappa shape index (κ2) is 6.90. The fourth-order valence-electron chi connectivity index (χ4n) is 2.51. The third-order valence-corrected chi connectivity index (χ3v) is 4.52. The van der Waals surface area contributed by atoms with Gasteiger partial charge in [-0.3, -0.25) is 0 Å². The van der Waals surface area contributed by atoms with Crippen LogP contribution in [0.5, 0.6) is 0 Å². The Bertz CT molecular complexity index is 195. The summed E-state index contributed by atoms with van der Waals surface area (Å²) in [6, 6.07) is 0. The third-order valence-electron chi connectivity index (χ3n) is 3.48. The van der Waals surface area contributed by atoms with Gasteiger partial charge >= 0.3 is 8.60 Å². The molecule has 0 N–H and O–H groups in total. The van der Waals surface area contributed by atoms with Gasteiger partial charge in [-0.2, -0.15) is 0 Å². The van der Waals surface area contributed by atoms with Gasteiger partial charge in [0.25, 0.3) is 0 Å². The van der Waals surface area contributed by atoms with Crippen molar-refractivity contribution < 1.29 is 13.6 Å². The highest BCUT2D eigenvalue weighted by Crippen LogP contribution is 2.45. The van der Waals surface area contributed by atoms with Crippen molar-refractivity contribution in [3.8, 4) is 0 Å². The Balaban J connectivity index is 2.56. The highest BCUT2D eigenvalue weighted by atomic mass is 31.2. The van der Waals surface area contributed by atoms with Crippen molar-refractivity contribution in [1.29, 1.82) is 0 Å². The summed E-state index contributed by atoms with van der Waals surface area (Å²) in [5.41, 5.74) is 0. The van der Waals surface area contributed by atoms with Crippen LogP contribution >= 0.6 is 8.60 Å². The van der Waals surface area contributed by atoms with Gasteiger partial charge in [-0.1, -0.05) is 27.2 Å². The first-order chi connectivity index (χ1) is 7.58. The molecule has 1 aliphatic rings. The molecule has 3 atom stereocenters. The summed E-state index contributed by atoms with van der Waals surface area (Å²) in [5.74, 6) is 2.07. The van der Waals surface area contributed by atoms with Crippen LogP contribution in [0.2, 0.25) is 0 Å².